The van der Waals surface area contributed by atoms with Crippen LogP contribution in [-0.2, 0) is 0 Å². The van der Waals surface area contributed by atoms with Crippen LogP contribution >= 0.6 is 23.2 Å². The van der Waals surface area contributed by atoms with Crippen LogP contribution in [0.3, 0.4) is 0 Å². The molecule has 0 aromatic heterocycles. The van der Waals surface area contributed by atoms with Gasteiger partial charge in [0.2, 0.25) is 0 Å². The number of nitrogens with zero attached hydrogens (tertiary/aromatic N) is 1. The summed E-state index contributed by atoms with van der Waals surface area (Å²) in [6, 6.07) is 2.20. The lowest BCUT2D eigenvalue weighted by molar-refractivity contribution is 0.0697. The molecule has 1 aliphatic heterocycles. The zero-order valence-corrected chi connectivity index (χ0v) is 12.0. The number of amides is 2. The van der Waals surface area contributed by atoms with Crippen molar-refractivity contribution in [1.29, 1.82) is 0 Å². The number of aromatic carboxylic acids is 1. The molecule has 0 atom stereocenters. The lowest BCUT2D eigenvalue weighted by Crippen LogP contribution is -2.48. The molecule has 0 saturated carbocycles. The summed E-state index contributed by atoms with van der Waals surface area (Å²) in [5.74, 6) is -1.13. The van der Waals surface area contributed by atoms with Crippen LogP contribution in [0.5, 0.6) is 0 Å². The topological polar surface area (TPSA) is 81.7 Å². The first-order valence-electron chi connectivity index (χ1n) is 5.98. The van der Waals surface area contributed by atoms with Gasteiger partial charge in [0, 0.05) is 26.2 Å². The number of benzene rings is 1. The number of urea groups is 1. The molecule has 1 aromatic rings. The fourth-order valence-electron chi connectivity index (χ4n) is 1.87. The average Bonchev–Trinajstić information content (AvgIpc) is 2.43. The number of rotatable bonds is 2. The highest BCUT2D eigenvalue weighted by Gasteiger charge is 2.19. The van der Waals surface area contributed by atoms with Gasteiger partial charge in [0.15, 0.2) is 0 Å². The van der Waals surface area contributed by atoms with E-state index < -0.39 is 5.97 Å². The van der Waals surface area contributed by atoms with Gasteiger partial charge in [-0.15, -0.1) is 0 Å². The van der Waals surface area contributed by atoms with Crippen molar-refractivity contribution in [1.82, 2.24) is 10.2 Å². The molecule has 108 valence electrons. The van der Waals surface area contributed by atoms with Gasteiger partial charge in [0.1, 0.15) is 0 Å². The number of piperazine rings is 1. The molecular weight excluding hydrogens is 305 g/mol. The number of hydrogen-bond acceptors (Lipinski definition) is 3. The fourth-order valence-corrected chi connectivity index (χ4v) is 2.45. The second-order valence-electron chi connectivity index (χ2n) is 4.29. The molecule has 2 amide bonds. The quantitative estimate of drug-likeness (QED) is 0.780. The maximum Gasteiger partial charge on any atom is 0.335 e. The van der Waals surface area contributed by atoms with Crippen LogP contribution in [0.25, 0.3) is 0 Å². The van der Waals surface area contributed by atoms with E-state index >= 15 is 0 Å². The van der Waals surface area contributed by atoms with Crippen molar-refractivity contribution in [3.05, 3.63) is 27.7 Å². The van der Waals surface area contributed by atoms with Crippen molar-refractivity contribution in [3.63, 3.8) is 0 Å². The average molecular weight is 318 g/mol. The summed E-state index contributed by atoms with van der Waals surface area (Å²) < 4.78 is 0. The zero-order valence-electron chi connectivity index (χ0n) is 10.4. The number of halogens is 2. The highest BCUT2D eigenvalue weighted by Crippen LogP contribution is 2.32. The van der Waals surface area contributed by atoms with Crippen LogP contribution in [-0.4, -0.2) is 48.2 Å². The monoisotopic (exact) mass is 317 g/mol. The van der Waals surface area contributed by atoms with Crippen LogP contribution in [0.4, 0.5) is 10.5 Å². The molecule has 2 rings (SSSR count). The minimum atomic E-state index is -1.13. The Labute approximate surface area is 125 Å². The molecule has 1 fully saturated rings. The predicted octanol–water partition coefficient (Wildman–Crippen LogP) is 2.13. The van der Waals surface area contributed by atoms with Gasteiger partial charge in [-0.3, -0.25) is 0 Å². The number of hydrogen-bond donors (Lipinski definition) is 3. The lowest BCUT2D eigenvalue weighted by atomic mass is 10.2. The number of nitrogens with one attached hydrogen (secondary N) is 2. The van der Waals surface area contributed by atoms with Gasteiger partial charge in [-0.05, 0) is 12.1 Å². The summed E-state index contributed by atoms with van der Waals surface area (Å²) in [6.07, 6.45) is 0. The summed E-state index contributed by atoms with van der Waals surface area (Å²) in [5, 5.41) is 14.8. The first kappa shape index (κ1) is 14.9. The molecule has 0 spiro atoms. The van der Waals surface area contributed by atoms with Crippen LogP contribution < -0.4 is 10.6 Å². The fraction of sp³-hybridized carbons (Fsp3) is 0.333. The molecule has 1 aliphatic rings. The van der Waals surface area contributed by atoms with Crippen LogP contribution in [0.15, 0.2) is 12.1 Å². The molecule has 1 heterocycles. The molecule has 1 aromatic carbocycles. The minimum Gasteiger partial charge on any atom is -0.478 e. The number of anilines is 1. The van der Waals surface area contributed by atoms with E-state index in [2.05, 4.69) is 10.6 Å². The Bertz CT molecular complexity index is 522. The summed E-state index contributed by atoms with van der Waals surface area (Å²) >= 11 is 11.9. The van der Waals surface area contributed by atoms with Gasteiger partial charge in [-0.1, -0.05) is 23.2 Å². The zero-order chi connectivity index (χ0) is 14.7. The molecule has 0 aliphatic carbocycles. The van der Waals surface area contributed by atoms with Gasteiger partial charge in [-0.25, -0.2) is 9.59 Å². The SMILES string of the molecule is O=C(O)c1cc(Cl)c(NC(=O)N2CCNCC2)c(Cl)c1. The summed E-state index contributed by atoms with van der Waals surface area (Å²) in [7, 11) is 0. The summed E-state index contributed by atoms with van der Waals surface area (Å²) in [4.78, 5) is 24.5. The van der Waals surface area contributed by atoms with E-state index in [-0.39, 0.29) is 27.3 Å². The molecule has 8 heteroatoms. The number of carbonyl (C=O) groups excluding carboxylic acids is 1. The molecule has 20 heavy (non-hydrogen) atoms. The van der Waals surface area contributed by atoms with E-state index in [0.717, 1.165) is 13.1 Å². The van der Waals surface area contributed by atoms with Crippen molar-refractivity contribution < 1.29 is 14.7 Å². The van der Waals surface area contributed by atoms with Crippen LogP contribution in [0.2, 0.25) is 10.0 Å². The predicted molar refractivity (Wildman–Crippen MR) is 76.9 cm³/mol. The summed E-state index contributed by atoms with van der Waals surface area (Å²) in [5.41, 5.74) is 0.196. The van der Waals surface area contributed by atoms with Gasteiger partial charge >= 0.3 is 12.0 Å². The van der Waals surface area contributed by atoms with E-state index in [1.165, 1.54) is 12.1 Å². The largest absolute Gasteiger partial charge is 0.478 e. The Balaban J connectivity index is 2.16. The van der Waals surface area contributed by atoms with Crippen molar-refractivity contribution in [2.75, 3.05) is 31.5 Å². The van der Waals surface area contributed by atoms with E-state index in [4.69, 9.17) is 28.3 Å². The maximum atomic E-state index is 12.0. The standard InChI is InChI=1S/C12H13Cl2N3O3/c13-8-5-7(11(18)19)6-9(14)10(8)16-12(20)17-3-1-15-2-4-17/h5-6,15H,1-4H2,(H,16,20)(H,18,19). The van der Waals surface area contributed by atoms with Gasteiger partial charge < -0.3 is 20.6 Å². The Morgan fingerprint density at radius 3 is 2.25 bits per heavy atom. The van der Waals surface area contributed by atoms with Gasteiger partial charge in [-0.2, -0.15) is 0 Å². The van der Waals surface area contributed by atoms with Crippen LogP contribution in [0.1, 0.15) is 10.4 Å². The third-order valence-electron chi connectivity index (χ3n) is 2.93. The van der Waals surface area contributed by atoms with E-state index in [0.29, 0.717) is 13.1 Å². The number of carbonyl (C=O) groups is 2. The molecule has 6 nitrogen and oxygen atoms in total. The molecule has 1 saturated heterocycles. The Morgan fingerprint density at radius 1 is 1.20 bits per heavy atom. The van der Waals surface area contributed by atoms with E-state index in [1.54, 1.807) is 4.90 Å². The minimum absolute atomic E-state index is 0.0276. The molecular formula is C12H13Cl2N3O3. The highest BCUT2D eigenvalue weighted by molar-refractivity contribution is 6.40. The normalized spacial score (nSPS) is 15.0. The first-order chi connectivity index (χ1) is 9.49. The molecule has 0 bridgehead atoms. The van der Waals surface area contributed by atoms with E-state index in [9.17, 15) is 9.59 Å². The summed E-state index contributed by atoms with van der Waals surface area (Å²) in [6.45, 7) is 2.64. The smallest absolute Gasteiger partial charge is 0.335 e. The lowest BCUT2D eigenvalue weighted by Gasteiger charge is -2.27. The Morgan fingerprint density at radius 2 is 1.75 bits per heavy atom. The van der Waals surface area contributed by atoms with Crippen molar-refractivity contribution >= 4 is 40.9 Å². The second-order valence-corrected chi connectivity index (χ2v) is 5.10. The van der Waals surface area contributed by atoms with Crippen molar-refractivity contribution in [3.8, 4) is 0 Å². The Hall–Kier alpha value is -1.50. The highest BCUT2D eigenvalue weighted by atomic mass is 35.5. The number of carboxylic acid groups (broad SMARTS) is 1. The third kappa shape index (κ3) is 3.33. The molecule has 0 unspecified atom stereocenters. The van der Waals surface area contributed by atoms with Crippen LogP contribution in [0, 0.1) is 0 Å². The van der Waals surface area contributed by atoms with Gasteiger partial charge in [0.25, 0.3) is 0 Å². The molecule has 0 radical (unpaired) electrons. The van der Waals surface area contributed by atoms with Gasteiger partial charge in [0.05, 0.1) is 21.3 Å². The van der Waals surface area contributed by atoms with Crippen molar-refractivity contribution in [2.24, 2.45) is 0 Å². The maximum absolute atomic E-state index is 12.0. The first-order valence-corrected chi connectivity index (χ1v) is 6.73. The molecule has 3 N–H and O–H groups in total. The van der Waals surface area contributed by atoms with Crippen molar-refractivity contribution in [2.45, 2.75) is 0 Å². The van der Waals surface area contributed by atoms with E-state index in [1.807, 2.05) is 0 Å². The third-order valence-corrected chi connectivity index (χ3v) is 3.52. The Kier molecular flexibility index (Phi) is 4.69. The second kappa shape index (κ2) is 6.30. The number of carboxylic acids is 1.